The number of morpholine rings is 1. The van der Waals surface area contributed by atoms with Gasteiger partial charge in [0.25, 0.3) is 0 Å². The lowest BCUT2D eigenvalue weighted by molar-refractivity contribution is -0.113. The van der Waals surface area contributed by atoms with E-state index in [1.54, 1.807) is 6.07 Å². The zero-order valence-corrected chi connectivity index (χ0v) is 19.6. The number of benzene rings is 1. The lowest BCUT2D eigenvalue weighted by Crippen LogP contribution is -2.40. The van der Waals surface area contributed by atoms with Crippen LogP contribution in [0.4, 0.5) is 5.69 Å². The van der Waals surface area contributed by atoms with Crippen molar-refractivity contribution in [3.63, 3.8) is 0 Å². The van der Waals surface area contributed by atoms with Crippen molar-refractivity contribution in [1.29, 1.82) is 0 Å². The highest BCUT2D eigenvalue weighted by Gasteiger charge is 2.27. The maximum absolute atomic E-state index is 13.0. The molecular weight excluding hydrogens is 454 g/mol. The van der Waals surface area contributed by atoms with Crippen LogP contribution >= 0.6 is 11.8 Å². The van der Waals surface area contributed by atoms with Gasteiger partial charge in [-0.05, 0) is 31.0 Å². The van der Waals surface area contributed by atoms with Crippen LogP contribution in [0.5, 0.6) is 5.75 Å². The van der Waals surface area contributed by atoms with Crippen LogP contribution in [0, 0.1) is 0 Å². The molecule has 3 heterocycles. The van der Waals surface area contributed by atoms with E-state index in [2.05, 4.69) is 20.1 Å². The fourth-order valence-electron chi connectivity index (χ4n) is 3.76. The number of aryl methyl sites for hydroxylation is 1. The number of anilines is 1. The molecule has 0 aliphatic carbocycles. The first-order valence-electron chi connectivity index (χ1n) is 10.6. The van der Waals surface area contributed by atoms with Crippen molar-refractivity contribution in [1.82, 2.24) is 19.1 Å². The predicted molar refractivity (Wildman–Crippen MR) is 120 cm³/mol. The molecule has 0 saturated carbocycles. The van der Waals surface area contributed by atoms with Gasteiger partial charge < -0.3 is 19.4 Å². The fraction of sp³-hybridized carbons (Fsp3) is 0.550. The van der Waals surface area contributed by atoms with E-state index >= 15 is 0 Å². The van der Waals surface area contributed by atoms with E-state index in [-0.39, 0.29) is 16.6 Å². The first-order valence-corrected chi connectivity index (χ1v) is 13.0. The Bertz CT molecular complexity index is 1070. The number of carbonyl (C=O) groups excluding carboxylic acids is 1. The van der Waals surface area contributed by atoms with Crippen LogP contribution in [-0.4, -0.2) is 72.6 Å². The third-order valence-electron chi connectivity index (χ3n) is 5.46. The summed E-state index contributed by atoms with van der Waals surface area (Å²) >= 11 is 1.32. The number of methoxy groups -OCH3 is 1. The molecular formula is C20H27N5O5S2. The predicted octanol–water partition coefficient (Wildman–Crippen LogP) is 1.76. The van der Waals surface area contributed by atoms with Gasteiger partial charge in [-0.1, -0.05) is 18.2 Å². The van der Waals surface area contributed by atoms with Crippen LogP contribution in [0.15, 0.2) is 28.3 Å². The van der Waals surface area contributed by atoms with Gasteiger partial charge in [-0.3, -0.25) is 4.79 Å². The van der Waals surface area contributed by atoms with E-state index in [4.69, 9.17) is 9.47 Å². The van der Waals surface area contributed by atoms with Crippen LogP contribution in [0.1, 0.15) is 25.1 Å². The fourth-order valence-corrected chi connectivity index (χ4v) is 5.98. The van der Waals surface area contributed by atoms with Gasteiger partial charge in [0, 0.05) is 26.1 Å². The largest absolute Gasteiger partial charge is 0.495 e. The topological polar surface area (TPSA) is 116 Å². The smallest absolute Gasteiger partial charge is 0.243 e. The SMILES string of the molecule is COc1ccc(S(=O)(=O)N2CCOCC2)cc1NC(=O)CSc1nnc2n1CCCCC2. The number of thioether (sulfide) groups is 1. The summed E-state index contributed by atoms with van der Waals surface area (Å²) in [6.07, 6.45) is 4.25. The number of rotatable bonds is 7. The van der Waals surface area contributed by atoms with E-state index in [9.17, 15) is 13.2 Å². The average molecular weight is 482 g/mol. The summed E-state index contributed by atoms with van der Waals surface area (Å²) in [5, 5.41) is 12.0. The molecule has 0 bridgehead atoms. The molecule has 0 spiro atoms. The number of carbonyl (C=O) groups is 1. The van der Waals surface area contributed by atoms with Crippen molar-refractivity contribution in [3.05, 3.63) is 24.0 Å². The molecule has 2 aliphatic heterocycles. The van der Waals surface area contributed by atoms with Crippen LogP contribution in [0.25, 0.3) is 0 Å². The molecule has 1 fully saturated rings. The molecule has 0 atom stereocenters. The van der Waals surface area contributed by atoms with Crippen molar-refractivity contribution in [2.75, 3.05) is 44.5 Å². The van der Waals surface area contributed by atoms with Crippen molar-refractivity contribution in [2.24, 2.45) is 0 Å². The number of amides is 1. The Kier molecular flexibility index (Phi) is 7.33. The Hall–Kier alpha value is -2.15. The van der Waals surface area contributed by atoms with Crippen molar-refractivity contribution in [3.8, 4) is 5.75 Å². The highest BCUT2D eigenvalue weighted by Crippen LogP contribution is 2.30. The second-order valence-corrected chi connectivity index (χ2v) is 10.5. The lowest BCUT2D eigenvalue weighted by Gasteiger charge is -2.26. The molecule has 0 radical (unpaired) electrons. The second kappa shape index (κ2) is 10.2. The van der Waals surface area contributed by atoms with Gasteiger partial charge in [-0.15, -0.1) is 10.2 Å². The summed E-state index contributed by atoms with van der Waals surface area (Å²) in [6.45, 7) is 2.19. The quantitative estimate of drug-likeness (QED) is 0.595. The molecule has 0 unspecified atom stereocenters. The minimum absolute atomic E-state index is 0.103. The standard InChI is InChI=1S/C20H27N5O5S2/c1-29-17-7-6-15(32(27,28)24-9-11-30-12-10-24)13-16(17)21-19(26)14-31-20-23-22-18-5-3-2-4-8-25(18)20/h6-7,13H,2-5,8-12,14H2,1H3,(H,21,26). The summed E-state index contributed by atoms with van der Waals surface area (Å²) in [4.78, 5) is 12.8. The molecule has 2 aromatic rings. The number of hydrogen-bond acceptors (Lipinski definition) is 8. The number of sulfonamides is 1. The number of fused-ring (bicyclic) bond motifs is 1. The number of hydrogen-bond donors (Lipinski definition) is 1. The number of aromatic nitrogens is 3. The maximum atomic E-state index is 13.0. The van der Waals surface area contributed by atoms with E-state index in [1.165, 1.54) is 35.3 Å². The highest BCUT2D eigenvalue weighted by molar-refractivity contribution is 7.99. The maximum Gasteiger partial charge on any atom is 0.243 e. The molecule has 174 valence electrons. The van der Waals surface area contributed by atoms with Gasteiger partial charge in [0.05, 0.1) is 36.7 Å². The molecule has 1 aromatic carbocycles. The van der Waals surface area contributed by atoms with Crippen LogP contribution in [0.3, 0.4) is 0 Å². The Balaban J connectivity index is 1.45. The molecule has 12 heteroatoms. The average Bonchev–Trinajstić information content (AvgIpc) is 3.04. The lowest BCUT2D eigenvalue weighted by atomic mass is 10.2. The minimum atomic E-state index is -3.69. The summed E-state index contributed by atoms with van der Waals surface area (Å²) in [5.74, 6) is 1.20. The third-order valence-corrected chi connectivity index (χ3v) is 8.32. The number of ether oxygens (including phenoxy) is 2. The van der Waals surface area contributed by atoms with Crippen LogP contribution < -0.4 is 10.1 Å². The van der Waals surface area contributed by atoms with E-state index in [0.29, 0.717) is 37.7 Å². The van der Waals surface area contributed by atoms with Crippen LogP contribution in [0.2, 0.25) is 0 Å². The number of nitrogens with one attached hydrogen (secondary N) is 1. The van der Waals surface area contributed by atoms with Crippen molar-refractivity contribution in [2.45, 2.75) is 42.3 Å². The summed E-state index contributed by atoms with van der Waals surface area (Å²) in [5.41, 5.74) is 0.313. The van der Waals surface area contributed by atoms with Crippen molar-refractivity contribution < 1.29 is 22.7 Å². The summed E-state index contributed by atoms with van der Waals surface area (Å²) in [7, 11) is -2.21. The Morgan fingerprint density at radius 3 is 2.78 bits per heavy atom. The Labute approximate surface area is 191 Å². The molecule has 4 rings (SSSR count). The molecule has 32 heavy (non-hydrogen) atoms. The highest BCUT2D eigenvalue weighted by atomic mass is 32.2. The van der Waals surface area contributed by atoms with Gasteiger partial charge in [0.2, 0.25) is 15.9 Å². The van der Waals surface area contributed by atoms with Gasteiger partial charge in [-0.25, -0.2) is 8.42 Å². The van der Waals surface area contributed by atoms with Gasteiger partial charge in [-0.2, -0.15) is 4.31 Å². The monoisotopic (exact) mass is 481 g/mol. The first-order chi connectivity index (χ1) is 15.5. The van der Waals surface area contributed by atoms with Crippen LogP contribution in [-0.2, 0) is 32.5 Å². The van der Waals surface area contributed by atoms with Gasteiger partial charge >= 0.3 is 0 Å². The van der Waals surface area contributed by atoms with Gasteiger partial charge in [0.15, 0.2) is 5.16 Å². The molecule has 2 aliphatic rings. The number of nitrogens with zero attached hydrogens (tertiary/aromatic N) is 4. The van der Waals surface area contributed by atoms with E-state index in [1.807, 2.05) is 0 Å². The normalized spacial score (nSPS) is 17.4. The molecule has 1 amide bonds. The van der Waals surface area contributed by atoms with E-state index in [0.717, 1.165) is 43.2 Å². The minimum Gasteiger partial charge on any atom is -0.495 e. The Morgan fingerprint density at radius 2 is 2.00 bits per heavy atom. The van der Waals surface area contributed by atoms with Gasteiger partial charge in [0.1, 0.15) is 11.6 Å². The summed E-state index contributed by atoms with van der Waals surface area (Å²) in [6, 6.07) is 4.48. The zero-order chi connectivity index (χ0) is 22.6. The van der Waals surface area contributed by atoms with Crippen molar-refractivity contribution >= 4 is 33.4 Å². The zero-order valence-electron chi connectivity index (χ0n) is 17.9. The first kappa shape index (κ1) is 23.0. The van der Waals surface area contributed by atoms with E-state index < -0.39 is 10.0 Å². The summed E-state index contributed by atoms with van der Waals surface area (Å²) < 4.78 is 40.0. The molecule has 1 N–H and O–H groups in total. The molecule has 1 saturated heterocycles. The molecule has 10 nitrogen and oxygen atoms in total. The second-order valence-electron chi connectivity index (χ2n) is 7.58. The third kappa shape index (κ3) is 5.08. The Morgan fingerprint density at radius 1 is 1.19 bits per heavy atom. The molecule has 1 aromatic heterocycles.